The van der Waals surface area contributed by atoms with Crippen molar-refractivity contribution in [2.45, 2.75) is 63.5 Å². The molecule has 1 heterocycles. The fourth-order valence-electron chi connectivity index (χ4n) is 4.06. The average molecular weight is 425 g/mol. The van der Waals surface area contributed by atoms with Crippen LogP contribution in [0.3, 0.4) is 0 Å². The Bertz CT molecular complexity index is 603. The number of hydrogen-bond acceptors (Lipinski definition) is 5. The zero-order chi connectivity index (χ0) is 22.7. The third-order valence-electron chi connectivity index (χ3n) is 6.12. The van der Waals surface area contributed by atoms with Gasteiger partial charge in [-0.15, -0.1) is 6.58 Å². The number of carbonyl (C=O) groups excluding carboxylic acids is 1. The van der Waals surface area contributed by atoms with Crippen molar-refractivity contribution in [3.63, 3.8) is 0 Å². The lowest BCUT2D eigenvalue weighted by molar-refractivity contribution is -0.149. The topological polar surface area (TPSA) is 118 Å². The lowest BCUT2D eigenvalue weighted by Crippen LogP contribution is -2.54. The van der Waals surface area contributed by atoms with Gasteiger partial charge in [0.1, 0.15) is 0 Å². The zero-order valence-corrected chi connectivity index (χ0v) is 18.1. The normalized spacial score (nSPS) is 20.6. The Hall–Kier alpha value is -2.19. The van der Waals surface area contributed by atoms with Gasteiger partial charge in [-0.05, 0) is 25.7 Å². The van der Waals surface area contributed by atoms with E-state index in [4.69, 9.17) is 10.2 Å². The van der Waals surface area contributed by atoms with E-state index in [2.05, 4.69) is 11.5 Å². The first-order valence-corrected chi connectivity index (χ1v) is 10.6. The van der Waals surface area contributed by atoms with E-state index < -0.39 is 17.5 Å². The minimum absolute atomic E-state index is 0.117. The van der Waals surface area contributed by atoms with Crippen LogP contribution in [0.5, 0.6) is 0 Å². The van der Waals surface area contributed by atoms with Crippen LogP contribution in [0.1, 0.15) is 51.9 Å². The van der Waals surface area contributed by atoms with E-state index in [-0.39, 0.29) is 11.8 Å². The highest BCUT2D eigenvalue weighted by molar-refractivity contribution is 5.89. The quantitative estimate of drug-likeness (QED) is 0.423. The number of amides is 1. The molecule has 1 amide bonds. The van der Waals surface area contributed by atoms with Gasteiger partial charge in [0.05, 0.1) is 11.5 Å². The molecule has 2 aliphatic rings. The van der Waals surface area contributed by atoms with Crippen molar-refractivity contribution in [2.24, 2.45) is 5.92 Å². The summed E-state index contributed by atoms with van der Waals surface area (Å²) in [6.45, 7) is 8.21. The number of carboxylic acids is 2. The summed E-state index contributed by atoms with van der Waals surface area (Å²) < 4.78 is 0. The Morgan fingerprint density at radius 2 is 1.60 bits per heavy atom. The second-order valence-electron chi connectivity index (χ2n) is 8.17. The molecule has 0 radical (unpaired) electrons. The molecule has 1 unspecified atom stereocenters. The largest absolute Gasteiger partial charge is 0.478 e. The third-order valence-corrected chi connectivity index (χ3v) is 6.12. The standard InChI is InChI=1S/C18H32N2O2.C4H4O4/c1-4-12-20-13-10-18(22,11-14-20)15(2)17(21)19(3)16-8-6-5-7-9-16;5-3(6)1-2-4(7)8/h4,15-16,22H,1,5-14H2,2-3H3;1-2H,(H,5,6)(H,7,8)/b;2-1+. The van der Waals surface area contributed by atoms with Crippen LogP contribution in [0.4, 0.5) is 0 Å². The van der Waals surface area contributed by atoms with E-state index in [0.29, 0.717) is 31.0 Å². The molecule has 1 atom stereocenters. The number of hydrogen-bond donors (Lipinski definition) is 3. The second-order valence-corrected chi connectivity index (χ2v) is 8.17. The second kappa shape index (κ2) is 12.5. The van der Waals surface area contributed by atoms with E-state index in [9.17, 15) is 19.5 Å². The molecule has 1 saturated heterocycles. The van der Waals surface area contributed by atoms with E-state index >= 15 is 0 Å². The highest BCUT2D eigenvalue weighted by Crippen LogP contribution is 2.32. The number of likely N-dealkylation sites (tertiary alicyclic amines) is 1. The van der Waals surface area contributed by atoms with Gasteiger partial charge in [-0.3, -0.25) is 9.69 Å². The van der Waals surface area contributed by atoms with Crippen LogP contribution in [-0.2, 0) is 14.4 Å². The SMILES string of the molecule is C=CCN1CCC(O)(C(C)C(=O)N(C)C2CCCCC2)CC1.O=C(O)/C=C/C(=O)O. The Morgan fingerprint density at radius 1 is 1.10 bits per heavy atom. The number of carboxylic acid groups (broad SMARTS) is 2. The number of aliphatic carboxylic acids is 2. The van der Waals surface area contributed by atoms with Gasteiger partial charge < -0.3 is 20.2 Å². The Balaban J connectivity index is 0.000000479. The molecule has 0 aromatic heterocycles. The minimum atomic E-state index is -1.26. The van der Waals surface area contributed by atoms with Gasteiger partial charge in [-0.1, -0.05) is 32.3 Å². The van der Waals surface area contributed by atoms with Crippen molar-refractivity contribution in [3.05, 3.63) is 24.8 Å². The molecular weight excluding hydrogens is 388 g/mol. The van der Waals surface area contributed by atoms with Gasteiger partial charge in [-0.2, -0.15) is 0 Å². The molecule has 30 heavy (non-hydrogen) atoms. The molecule has 2 rings (SSSR count). The lowest BCUT2D eigenvalue weighted by Gasteiger charge is -2.43. The Morgan fingerprint density at radius 3 is 2.03 bits per heavy atom. The van der Waals surface area contributed by atoms with E-state index in [0.717, 1.165) is 32.5 Å². The van der Waals surface area contributed by atoms with Crippen LogP contribution in [0.15, 0.2) is 24.8 Å². The summed E-state index contributed by atoms with van der Waals surface area (Å²) in [5.41, 5.74) is -0.850. The first-order valence-electron chi connectivity index (χ1n) is 10.6. The van der Waals surface area contributed by atoms with Crippen molar-refractivity contribution in [3.8, 4) is 0 Å². The number of rotatable bonds is 7. The summed E-state index contributed by atoms with van der Waals surface area (Å²) in [6.07, 6.45) is 10.3. The number of nitrogens with zero attached hydrogens (tertiary/aromatic N) is 2. The van der Waals surface area contributed by atoms with Gasteiger partial charge >= 0.3 is 11.9 Å². The molecule has 1 aliphatic carbocycles. The van der Waals surface area contributed by atoms with E-state index in [1.165, 1.54) is 19.3 Å². The van der Waals surface area contributed by atoms with Crippen LogP contribution in [0.25, 0.3) is 0 Å². The molecule has 0 bridgehead atoms. The minimum Gasteiger partial charge on any atom is -0.478 e. The van der Waals surface area contributed by atoms with Gasteiger partial charge in [0, 0.05) is 44.9 Å². The predicted octanol–water partition coefficient (Wildman–Crippen LogP) is 2.14. The van der Waals surface area contributed by atoms with Crippen LogP contribution in [0, 0.1) is 5.92 Å². The first-order chi connectivity index (χ1) is 14.1. The third kappa shape index (κ3) is 8.28. The average Bonchev–Trinajstić information content (AvgIpc) is 2.73. The molecule has 2 fully saturated rings. The maximum atomic E-state index is 12.8. The van der Waals surface area contributed by atoms with Gasteiger partial charge in [-0.25, -0.2) is 9.59 Å². The molecule has 8 nitrogen and oxygen atoms in total. The van der Waals surface area contributed by atoms with Crippen LogP contribution in [0.2, 0.25) is 0 Å². The van der Waals surface area contributed by atoms with Crippen molar-refractivity contribution < 1.29 is 29.7 Å². The first kappa shape index (κ1) is 25.8. The monoisotopic (exact) mass is 424 g/mol. The predicted molar refractivity (Wildman–Crippen MR) is 114 cm³/mol. The summed E-state index contributed by atoms with van der Waals surface area (Å²) in [6, 6.07) is 0.369. The summed E-state index contributed by atoms with van der Waals surface area (Å²) in [7, 11) is 1.92. The maximum Gasteiger partial charge on any atom is 0.328 e. The van der Waals surface area contributed by atoms with Crippen LogP contribution < -0.4 is 0 Å². The van der Waals surface area contributed by atoms with Gasteiger partial charge in [0.25, 0.3) is 0 Å². The summed E-state index contributed by atoms with van der Waals surface area (Å²) in [4.78, 5) is 36.1. The Labute approximate surface area is 178 Å². The molecular formula is C22H36N2O6. The van der Waals surface area contributed by atoms with E-state index in [1.54, 1.807) is 0 Å². The maximum absolute atomic E-state index is 12.8. The van der Waals surface area contributed by atoms with Crippen molar-refractivity contribution in [1.29, 1.82) is 0 Å². The molecule has 3 N–H and O–H groups in total. The number of carbonyl (C=O) groups is 3. The van der Waals surface area contributed by atoms with Crippen molar-refractivity contribution >= 4 is 17.8 Å². The fourth-order valence-corrected chi connectivity index (χ4v) is 4.06. The summed E-state index contributed by atoms with van der Waals surface area (Å²) >= 11 is 0. The van der Waals surface area contributed by atoms with Crippen molar-refractivity contribution in [1.82, 2.24) is 9.80 Å². The molecule has 8 heteroatoms. The fraction of sp³-hybridized carbons (Fsp3) is 0.682. The number of aliphatic hydroxyl groups is 1. The zero-order valence-electron chi connectivity index (χ0n) is 18.1. The van der Waals surface area contributed by atoms with Crippen LogP contribution >= 0.6 is 0 Å². The lowest BCUT2D eigenvalue weighted by atomic mass is 9.79. The smallest absolute Gasteiger partial charge is 0.328 e. The summed E-state index contributed by atoms with van der Waals surface area (Å²) in [5, 5.41) is 26.6. The molecule has 0 aromatic rings. The Kier molecular flexibility index (Phi) is 10.8. The molecule has 1 saturated carbocycles. The van der Waals surface area contributed by atoms with Gasteiger partial charge in [0.2, 0.25) is 5.91 Å². The number of piperidine rings is 1. The van der Waals surface area contributed by atoms with Crippen LogP contribution in [-0.4, -0.2) is 81.3 Å². The molecule has 170 valence electrons. The highest BCUT2D eigenvalue weighted by atomic mass is 16.4. The highest BCUT2D eigenvalue weighted by Gasteiger charge is 2.42. The van der Waals surface area contributed by atoms with Gasteiger partial charge in [0.15, 0.2) is 0 Å². The van der Waals surface area contributed by atoms with Crippen molar-refractivity contribution in [2.75, 3.05) is 26.7 Å². The molecule has 1 aliphatic heterocycles. The summed E-state index contributed by atoms with van der Waals surface area (Å²) in [5.74, 6) is -2.71. The van der Waals surface area contributed by atoms with E-state index in [1.807, 2.05) is 24.9 Å². The molecule has 0 aromatic carbocycles. The molecule has 0 spiro atoms.